The Morgan fingerprint density at radius 2 is 1.11 bits per heavy atom. The number of carbonyl (C=O) groups is 2. The lowest BCUT2D eigenvalue weighted by Gasteiger charge is -2.15. The third kappa shape index (κ3) is 4.31. The normalized spacial score (nSPS) is 25.7. The Balaban J connectivity index is 1.81. The monoisotopic (exact) mass is 443 g/mol. The maximum absolute atomic E-state index is 12.1. The van der Waals surface area contributed by atoms with Crippen LogP contribution in [0.5, 0.6) is 0 Å². The number of hydrogen-bond donors (Lipinski definition) is 3. The first-order chi connectivity index (χ1) is 12.4. The molecule has 3 N–H and O–H groups in total. The van der Waals surface area contributed by atoms with Gasteiger partial charge in [-0.05, 0) is 27.7 Å². The summed E-state index contributed by atoms with van der Waals surface area (Å²) < 4.78 is 63.3. The molecule has 0 saturated carbocycles. The molecule has 0 aromatic carbocycles. The maximum atomic E-state index is 12.1. The van der Waals surface area contributed by atoms with Crippen LogP contribution in [0.4, 0.5) is 0 Å². The standard InChI is InChI=1S/C14H25N3O9S2/c1-13(2)11(27(21,22)23)16(13)9(18)5-7-15(20)8-6-10(19)17-12(14(17,3)4)28(24,25)26/h11-12,20H,5-8H2,1-4H3,(H,21,22,23)(H,24,25,26). The second-order valence-corrected chi connectivity index (χ2v) is 11.0. The number of hydrogen-bond acceptors (Lipinski definition) is 8. The van der Waals surface area contributed by atoms with Crippen molar-refractivity contribution in [1.82, 2.24) is 14.9 Å². The minimum absolute atomic E-state index is 0.192. The summed E-state index contributed by atoms with van der Waals surface area (Å²) in [6, 6.07) is 0. The molecule has 0 spiro atoms. The fourth-order valence-electron chi connectivity index (χ4n) is 3.60. The van der Waals surface area contributed by atoms with Crippen LogP contribution in [0.25, 0.3) is 0 Å². The third-order valence-corrected chi connectivity index (χ3v) is 7.76. The van der Waals surface area contributed by atoms with Gasteiger partial charge in [-0.25, -0.2) is 0 Å². The first kappa shape index (κ1) is 23.0. The summed E-state index contributed by atoms with van der Waals surface area (Å²) in [7, 11) is -8.83. The lowest BCUT2D eigenvalue weighted by Crippen LogP contribution is -2.30. The zero-order valence-electron chi connectivity index (χ0n) is 15.9. The summed E-state index contributed by atoms with van der Waals surface area (Å²) in [6.07, 6.45) is -0.494. The molecule has 0 aromatic heterocycles. The average molecular weight is 444 g/mol. The molecular weight excluding hydrogens is 418 g/mol. The predicted octanol–water partition coefficient (Wildman–Crippen LogP) is -0.873. The fraction of sp³-hybridized carbons (Fsp3) is 0.857. The molecule has 2 amide bonds. The fourth-order valence-corrected chi connectivity index (χ4v) is 6.47. The number of carbonyl (C=O) groups excluding carboxylic acids is 2. The summed E-state index contributed by atoms with van der Waals surface area (Å²) in [6.45, 7) is 5.54. The topological polar surface area (TPSA) is 172 Å². The minimum Gasteiger partial charge on any atom is -0.314 e. The molecular formula is C14H25N3O9S2. The molecule has 2 atom stereocenters. The Bertz CT molecular complexity index is 810. The number of hydroxylamine groups is 2. The van der Waals surface area contributed by atoms with E-state index in [9.17, 15) is 31.6 Å². The second-order valence-electron chi connectivity index (χ2n) is 8.02. The Morgan fingerprint density at radius 1 is 0.821 bits per heavy atom. The average Bonchev–Trinajstić information content (AvgIpc) is 3.29. The van der Waals surface area contributed by atoms with Crippen LogP contribution in [0.1, 0.15) is 40.5 Å². The smallest absolute Gasteiger partial charge is 0.288 e. The van der Waals surface area contributed by atoms with Crippen molar-refractivity contribution in [1.29, 1.82) is 0 Å². The van der Waals surface area contributed by atoms with Crippen molar-refractivity contribution in [2.75, 3.05) is 13.1 Å². The maximum Gasteiger partial charge on any atom is 0.288 e. The number of rotatable bonds is 8. The second kappa shape index (κ2) is 6.88. The summed E-state index contributed by atoms with van der Waals surface area (Å²) in [4.78, 5) is 26.2. The molecule has 2 heterocycles. The van der Waals surface area contributed by atoms with E-state index in [1.807, 2.05) is 0 Å². The Hall–Kier alpha value is -1.32. The quantitative estimate of drug-likeness (QED) is 0.243. The van der Waals surface area contributed by atoms with E-state index < -0.39 is 53.9 Å². The van der Waals surface area contributed by atoms with E-state index in [0.717, 1.165) is 9.80 Å². The zero-order chi connectivity index (χ0) is 21.9. The van der Waals surface area contributed by atoms with Gasteiger partial charge < -0.3 is 15.0 Å². The lowest BCUT2D eigenvalue weighted by atomic mass is 10.2. The highest BCUT2D eigenvalue weighted by Crippen LogP contribution is 2.44. The van der Waals surface area contributed by atoms with Crippen molar-refractivity contribution in [3.05, 3.63) is 0 Å². The molecule has 0 aromatic rings. The zero-order valence-corrected chi connectivity index (χ0v) is 17.6. The van der Waals surface area contributed by atoms with Crippen molar-refractivity contribution in [2.24, 2.45) is 0 Å². The molecule has 12 nitrogen and oxygen atoms in total. The van der Waals surface area contributed by atoms with Gasteiger partial charge >= 0.3 is 0 Å². The molecule has 2 aliphatic rings. The van der Waals surface area contributed by atoms with Crippen molar-refractivity contribution >= 4 is 32.1 Å². The third-order valence-electron chi connectivity index (χ3n) is 5.05. The van der Waals surface area contributed by atoms with Crippen molar-refractivity contribution in [2.45, 2.75) is 62.4 Å². The van der Waals surface area contributed by atoms with Gasteiger partial charge in [0.1, 0.15) is 0 Å². The van der Waals surface area contributed by atoms with Crippen LogP contribution in [-0.2, 0) is 29.8 Å². The molecule has 0 aliphatic carbocycles. The first-order valence-corrected chi connectivity index (χ1v) is 11.4. The van der Waals surface area contributed by atoms with Gasteiger partial charge in [0.15, 0.2) is 10.7 Å². The van der Waals surface area contributed by atoms with E-state index in [1.165, 1.54) is 27.7 Å². The van der Waals surface area contributed by atoms with Crippen LogP contribution >= 0.6 is 0 Å². The van der Waals surface area contributed by atoms with E-state index in [0.29, 0.717) is 5.06 Å². The molecule has 2 fully saturated rings. The van der Waals surface area contributed by atoms with Crippen LogP contribution in [0.15, 0.2) is 0 Å². The highest BCUT2D eigenvalue weighted by Gasteiger charge is 2.66. The van der Waals surface area contributed by atoms with Gasteiger partial charge in [-0.1, -0.05) is 0 Å². The first-order valence-electron chi connectivity index (χ1n) is 8.44. The Labute approximate surface area is 163 Å². The van der Waals surface area contributed by atoms with Crippen LogP contribution in [0, 0.1) is 0 Å². The number of nitrogens with zero attached hydrogens (tertiary/aromatic N) is 3. The van der Waals surface area contributed by atoms with Crippen LogP contribution in [-0.4, -0.2) is 92.7 Å². The Kier molecular flexibility index (Phi) is 5.64. The van der Waals surface area contributed by atoms with Gasteiger partial charge in [-0.2, -0.15) is 21.9 Å². The molecule has 162 valence electrons. The SMILES string of the molecule is CC1(C)C(S(=O)(=O)O)N1C(=O)CCN(O)CCC(=O)N1C(S(=O)(=O)O)C1(C)C. The van der Waals surface area contributed by atoms with E-state index in [2.05, 4.69) is 0 Å². The minimum atomic E-state index is -4.41. The van der Waals surface area contributed by atoms with E-state index in [-0.39, 0.29) is 25.9 Å². The van der Waals surface area contributed by atoms with E-state index >= 15 is 0 Å². The highest BCUT2D eigenvalue weighted by molar-refractivity contribution is 7.87. The summed E-state index contributed by atoms with van der Waals surface area (Å²) in [5.41, 5.74) is -2.09. The molecule has 2 rings (SSSR count). The van der Waals surface area contributed by atoms with Crippen LogP contribution in [0.2, 0.25) is 0 Å². The molecule has 28 heavy (non-hydrogen) atoms. The van der Waals surface area contributed by atoms with Gasteiger partial charge in [-0.3, -0.25) is 18.7 Å². The summed E-state index contributed by atoms with van der Waals surface area (Å²) in [5.74, 6) is -1.17. The van der Waals surface area contributed by atoms with Gasteiger partial charge in [0.25, 0.3) is 20.2 Å². The summed E-state index contributed by atoms with van der Waals surface area (Å²) >= 11 is 0. The van der Waals surface area contributed by atoms with Gasteiger partial charge in [-0.15, -0.1) is 0 Å². The lowest BCUT2D eigenvalue weighted by molar-refractivity contribution is -0.136. The van der Waals surface area contributed by atoms with Gasteiger partial charge in [0, 0.05) is 25.9 Å². The van der Waals surface area contributed by atoms with Gasteiger partial charge in [0.05, 0.1) is 11.1 Å². The van der Waals surface area contributed by atoms with Crippen molar-refractivity contribution in [3.8, 4) is 0 Å². The van der Waals surface area contributed by atoms with E-state index in [4.69, 9.17) is 9.11 Å². The molecule has 2 saturated heterocycles. The van der Waals surface area contributed by atoms with Crippen molar-refractivity contribution in [3.63, 3.8) is 0 Å². The van der Waals surface area contributed by atoms with E-state index in [1.54, 1.807) is 0 Å². The molecule has 14 heteroatoms. The molecule has 2 unspecified atom stereocenters. The summed E-state index contributed by atoms with van der Waals surface area (Å²) in [5, 5.41) is 7.85. The molecule has 0 bridgehead atoms. The molecule has 2 aliphatic heterocycles. The predicted molar refractivity (Wildman–Crippen MR) is 95.1 cm³/mol. The Morgan fingerprint density at radius 3 is 1.32 bits per heavy atom. The number of amides is 2. The van der Waals surface area contributed by atoms with Crippen molar-refractivity contribution < 1.29 is 40.7 Å². The molecule has 0 radical (unpaired) electrons. The largest absolute Gasteiger partial charge is 0.314 e. The van der Waals surface area contributed by atoms with Gasteiger partial charge in [0.2, 0.25) is 11.8 Å². The highest BCUT2D eigenvalue weighted by atomic mass is 32.2. The van der Waals surface area contributed by atoms with Crippen LogP contribution in [0.3, 0.4) is 0 Å². The van der Waals surface area contributed by atoms with Crippen LogP contribution < -0.4 is 0 Å².